The Morgan fingerprint density at radius 2 is 2.15 bits per heavy atom. The summed E-state index contributed by atoms with van der Waals surface area (Å²) in [6.45, 7) is 11.9. The van der Waals surface area contributed by atoms with Crippen LogP contribution >= 0.6 is 0 Å². The number of hydrogen-bond donors (Lipinski definition) is 1. The van der Waals surface area contributed by atoms with Crippen molar-refractivity contribution in [1.29, 1.82) is 0 Å². The lowest BCUT2D eigenvalue weighted by Crippen LogP contribution is -2.46. The first-order valence-corrected chi connectivity index (χ1v) is 10.0. The molecule has 0 aliphatic carbocycles. The van der Waals surface area contributed by atoms with Gasteiger partial charge in [0, 0.05) is 36.1 Å². The summed E-state index contributed by atoms with van der Waals surface area (Å²) in [5.74, 6) is 0.510. The average molecular weight is 367 g/mol. The maximum atomic E-state index is 12.5. The van der Waals surface area contributed by atoms with Gasteiger partial charge in [-0.05, 0) is 57.1 Å². The van der Waals surface area contributed by atoms with Crippen molar-refractivity contribution in [3.8, 4) is 0 Å². The first-order valence-electron chi connectivity index (χ1n) is 10.0. The van der Waals surface area contributed by atoms with Gasteiger partial charge < -0.3 is 9.72 Å². The second-order valence-corrected chi connectivity index (χ2v) is 9.01. The quantitative estimate of drug-likeness (QED) is 0.637. The van der Waals surface area contributed by atoms with E-state index in [0.29, 0.717) is 18.4 Å². The van der Waals surface area contributed by atoms with Crippen LogP contribution in [0.1, 0.15) is 50.9 Å². The predicted molar refractivity (Wildman–Crippen MR) is 109 cm³/mol. The van der Waals surface area contributed by atoms with Gasteiger partial charge in [-0.25, -0.2) is 0 Å². The highest BCUT2D eigenvalue weighted by Gasteiger charge is 2.40. The number of ether oxygens (including phenoxy) is 1. The minimum atomic E-state index is -0.434. The molecule has 2 aliphatic heterocycles. The Balaban J connectivity index is 1.59. The van der Waals surface area contributed by atoms with Gasteiger partial charge in [-0.15, -0.1) is 6.58 Å². The highest BCUT2D eigenvalue weighted by atomic mass is 16.6. The number of nitrogens with one attached hydrogen (secondary N) is 1. The summed E-state index contributed by atoms with van der Waals surface area (Å²) in [5, 5.41) is 1.35. The summed E-state index contributed by atoms with van der Waals surface area (Å²) in [7, 11) is 0. The van der Waals surface area contributed by atoms with Crippen LogP contribution in [-0.2, 0) is 16.0 Å². The van der Waals surface area contributed by atoms with Crippen molar-refractivity contribution in [1.82, 2.24) is 9.88 Å². The number of nitrogens with zero attached hydrogens (tertiary/aromatic N) is 1. The zero-order valence-electron chi connectivity index (χ0n) is 16.6. The highest BCUT2D eigenvalue weighted by molar-refractivity contribution is 5.85. The largest absolute Gasteiger partial charge is 0.460 e. The van der Waals surface area contributed by atoms with Crippen LogP contribution in [0.5, 0.6) is 0 Å². The van der Waals surface area contributed by atoms with Crippen molar-refractivity contribution in [2.24, 2.45) is 11.8 Å². The van der Waals surface area contributed by atoms with Gasteiger partial charge in [0.2, 0.25) is 0 Å². The van der Waals surface area contributed by atoms with Crippen LogP contribution in [0.3, 0.4) is 0 Å². The molecule has 4 nitrogen and oxygen atoms in total. The molecule has 1 N–H and O–H groups in total. The molecular weight excluding hydrogens is 336 g/mol. The van der Waals surface area contributed by atoms with Gasteiger partial charge in [-0.2, -0.15) is 0 Å². The first kappa shape index (κ1) is 18.3. The Morgan fingerprint density at radius 3 is 2.89 bits per heavy atom. The highest BCUT2D eigenvalue weighted by Crippen LogP contribution is 2.44. The molecule has 2 aliphatic rings. The van der Waals surface area contributed by atoms with Gasteiger partial charge in [-0.3, -0.25) is 9.69 Å². The second-order valence-electron chi connectivity index (χ2n) is 9.01. The van der Waals surface area contributed by atoms with Crippen molar-refractivity contribution in [3.05, 3.63) is 48.2 Å². The number of piperidine rings is 1. The average Bonchev–Trinajstić information content (AvgIpc) is 2.98. The van der Waals surface area contributed by atoms with E-state index in [1.165, 1.54) is 22.2 Å². The van der Waals surface area contributed by atoms with Crippen LogP contribution < -0.4 is 0 Å². The molecule has 0 radical (unpaired) electrons. The lowest BCUT2D eigenvalue weighted by molar-refractivity contribution is -0.157. The van der Waals surface area contributed by atoms with Gasteiger partial charge in [0.1, 0.15) is 5.60 Å². The number of rotatable bonds is 3. The molecule has 2 aromatic rings. The van der Waals surface area contributed by atoms with E-state index in [9.17, 15) is 4.79 Å². The van der Waals surface area contributed by atoms with Gasteiger partial charge in [-0.1, -0.05) is 24.3 Å². The summed E-state index contributed by atoms with van der Waals surface area (Å²) in [5.41, 5.74) is 3.59. The number of fused-ring (bicyclic) bond motifs is 5. The third-order valence-corrected chi connectivity index (χ3v) is 6.00. The summed E-state index contributed by atoms with van der Waals surface area (Å²) >= 11 is 0. The molecule has 1 saturated heterocycles. The maximum absolute atomic E-state index is 12.5. The Morgan fingerprint density at radius 1 is 1.37 bits per heavy atom. The molecule has 1 aromatic heterocycles. The number of esters is 1. The number of carbonyl (C=O) groups is 1. The number of carbonyl (C=O) groups excluding carboxylic acids is 1. The number of hydrogen-bond acceptors (Lipinski definition) is 3. The van der Waals surface area contributed by atoms with Gasteiger partial charge >= 0.3 is 5.97 Å². The molecule has 0 saturated carbocycles. The summed E-state index contributed by atoms with van der Waals surface area (Å²) in [6, 6.07) is 8.93. The summed E-state index contributed by atoms with van der Waals surface area (Å²) in [6.07, 6.45) is 4.55. The van der Waals surface area contributed by atoms with E-state index in [4.69, 9.17) is 4.74 Å². The lowest BCUT2D eigenvalue weighted by atomic mass is 9.77. The van der Waals surface area contributed by atoms with Crippen molar-refractivity contribution in [2.45, 2.75) is 51.7 Å². The fourth-order valence-corrected chi connectivity index (χ4v) is 4.83. The van der Waals surface area contributed by atoms with E-state index in [2.05, 4.69) is 40.7 Å². The zero-order valence-corrected chi connectivity index (χ0v) is 16.6. The molecule has 0 unspecified atom stereocenters. The molecule has 144 valence electrons. The molecule has 0 spiro atoms. The van der Waals surface area contributed by atoms with Crippen LogP contribution in [0.15, 0.2) is 36.9 Å². The van der Waals surface area contributed by atoms with Crippen LogP contribution in [0.2, 0.25) is 0 Å². The fourth-order valence-electron chi connectivity index (χ4n) is 4.83. The van der Waals surface area contributed by atoms with Crippen molar-refractivity contribution >= 4 is 16.9 Å². The number of benzene rings is 1. The monoisotopic (exact) mass is 366 g/mol. The molecule has 3 heterocycles. The van der Waals surface area contributed by atoms with Gasteiger partial charge in [0.15, 0.2) is 0 Å². The van der Waals surface area contributed by atoms with Crippen LogP contribution in [0.25, 0.3) is 10.9 Å². The number of aromatic nitrogens is 1. The van der Waals surface area contributed by atoms with E-state index in [0.717, 1.165) is 25.9 Å². The number of para-hydroxylation sites is 1. The van der Waals surface area contributed by atoms with Crippen LogP contribution in [-0.4, -0.2) is 34.5 Å². The van der Waals surface area contributed by atoms with Gasteiger partial charge in [0.25, 0.3) is 0 Å². The van der Waals surface area contributed by atoms with E-state index in [-0.39, 0.29) is 11.9 Å². The summed E-state index contributed by atoms with van der Waals surface area (Å²) < 4.78 is 5.59. The molecule has 0 amide bonds. The van der Waals surface area contributed by atoms with E-state index in [1.54, 1.807) is 0 Å². The molecule has 3 atom stereocenters. The minimum absolute atomic E-state index is 0.0968. The molecule has 0 bridgehead atoms. The maximum Gasteiger partial charge on any atom is 0.306 e. The van der Waals surface area contributed by atoms with E-state index < -0.39 is 5.60 Å². The van der Waals surface area contributed by atoms with Crippen molar-refractivity contribution in [2.75, 3.05) is 13.1 Å². The number of aromatic amines is 1. The predicted octanol–water partition coefficient (Wildman–Crippen LogP) is 4.62. The topological polar surface area (TPSA) is 45.3 Å². The normalized spacial score (nSPS) is 25.7. The van der Waals surface area contributed by atoms with Crippen LogP contribution in [0.4, 0.5) is 0 Å². The Bertz CT molecular complexity index is 861. The smallest absolute Gasteiger partial charge is 0.306 e. The zero-order chi connectivity index (χ0) is 19.2. The summed E-state index contributed by atoms with van der Waals surface area (Å²) in [4.78, 5) is 18.7. The number of H-pyrrole nitrogens is 1. The third kappa shape index (κ3) is 3.55. The molecule has 1 aromatic carbocycles. The Kier molecular flexibility index (Phi) is 4.63. The third-order valence-electron chi connectivity index (χ3n) is 6.00. The molecule has 4 heteroatoms. The Hall–Kier alpha value is -2.07. The Labute approximate surface area is 161 Å². The van der Waals surface area contributed by atoms with Gasteiger partial charge in [0.05, 0.1) is 6.04 Å². The van der Waals surface area contributed by atoms with Crippen LogP contribution in [0, 0.1) is 11.8 Å². The van der Waals surface area contributed by atoms with Crippen molar-refractivity contribution in [3.63, 3.8) is 0 Å². The second kappa shape index (κ2) is 6.83. The van der Waals surface area contributed by atoms with E-state index in [1.807, 2.05) is 26.8 Å². The van der Waals surface area contributed by atoms with Crippen molar-refractivity contribution < 1.29 is 9.53 Å². The molecule has 27 heavy (non-hydrogen) atoms. The standard InChI is InChI=1S/C23H30N2O2/c1-5-15-14-25-11-10-18-17-8-6-7-9-19(17)24-22(18)20(25)12-16(15)13-21(26)27-23(2,3)4/h5-9,15-16,20,24H,1,10-14H2,2-4H3/t15-,16+,20+/m0/s1. The molecular formula is C23H30N2O2. The first-order chi connectivity index (χ1) is 12.9. The lowest BCUT2D eigenvalue weighted by Gasteiger charge is -2.45. The van der Waals surface area contributed by atoms with E-state index >= 15 is 0 Å². The fraction of sp³-hybridized carbons (Fsp3) is 0.522. The molecule has 1 fully saturated rings. The SMILES string of the molecule is C=C[C@H]1CN2CCc3c([nH]c4ccccc34)[C@H]2C[C@@H]1CC(=O)OC(C)(C)C. The minimum Gasteiger partial charge on any atom is -0.460 e. The molecule has 4 rings (SSSR count).